The van der Waals surface area contributed by atoms with Crippen LogP contribution < -0.4 is 10.9 Å². The molecule has 3 rings (SSSR count). The molecule has 2 heterocycles. The average molecular weight is 273 g/mol. The number of rotatable bonds is 2. The van der Waals surface area contributed by atoms with Crippen LogP contribution in [-0.2, 0) is 0 Å². The molecule has 0 spiro atoms. The van der Waals surface area contributed by atoms with Crippen molar-refractivity contribution in [2.45, 2.75) is 0 Å². The van der Waals surface area contributed by atoms with Crippen molar-refractivity contribution in [1.29, 1.82) is 0 Å². The number of hydrogen-bond donors (Lipinski definition) is 1. The molecule has 6 nitrogen and oxygen atoms in total. The third kappa shape index (κ3) is 2.23. The van der Waals surface area contributed by atoms with Gasteiger partial charge in [0.1, 0.15) is 5.51 Å². The molecule has 94 valence electrons. The molecular formula is C12H7N3O3S. The van der Waals surface area contributed by atoms with Crippen LogP contribution in [0.15, 0.2) is 45.1 Å². The van der Waals surface area contributed by atoms with Gasteiger partial charge >= 0.3 is 5.63 Å². The van der Waals surface area contributed by atoms with E-state index in [1.165, 1.54) is 22.9 Å². The second-order valence-electron chi connectivity index (χ2n) is 3.68. The standard InChI is InChI=1S/C12H7N3O3S/c16-10(14-12-15-13-6-19-12)9-5-7-3-1-2-4-8(7)11(17)18-9/h1-6H,(H,14,15,16). The molecule has 3 aromatic rings. The number of benzene rings is 1. The molecule has 0 aliphatic rings. The van der Waals surface area contributed by atoms with Crippen molar-refractivity contribution in [3.8, 4) is 0 Å². The van der Waals surface area contributed by atoms with Crippen molar-refractivity contribution in [2.75, 3.05) is 5.32 Å². The first-order valence-corrected chi connectivity index (χ1v) is 6.22. The fourth-order valence-electron chi connectivity index (χ4n) is 1.63. The van der Waals surface area contributed by atoms with E-state index in [1.54, 1.807) is 24.3 Å². The maximum atomic E-state index is 11.9. The van der Waals surface area contributed by atoms with E-state index >= 15 is 0 Å². The summed E-state index contributed by atoms with van der Waals surface area (Å²) in [6.45, 7) is 0. The third-order valence-electron chi connectivity index (χ3n) is 2.47. The van der Waals surface area contributed by atoms with Crippen LogP contribution in [0.25, 0.3) is 10.8 Å². The molecule has 0 bridgehead atoms. The highest BCUT2D eigenvalue weighted by molar-refractivity contribution is 7.13. The summed E-state index contributed by atoms with van der Waals surface area (Å²) in [6.07, 6.45) is 0. The Morgan fingerprint density at radius 2 is 2.16 bits per heavy atom. The number of hydrogen-bond acceptors (Lipinski definition) is 6. The van der Waals surface area contributed by atoms with Gasteiger partial charge in [-0.1, -0.05) is 29.5 Å². The van der Waals surface area contributed by atoms with E-state index in [0.29, 0.717) is 15.9 Å². The van der Waals surface area contributed by atoms with Gasteiger partial charge in [-0.2, -0.15) is 0 Å². The zero-order valence-corrected chi connectivity index (χ0v) is 10.3. The van der Waals surface area contributed by atoms with Gasteiger partial charge in [0, 0.05) is 0 Å². The van der Waals surface area contributed by atoms with E-state index in [4.69, 9.17) is 4.42 Å². The predicted octanol–water partition coefficient (Wildman–Crippen LogP) is 1.90. The Hall–Kier alpha value is -2.54. The molecule has 19 heavy (non-hydrogen) atoms. The molecule has 0 atom stereocenters. The average Bonchev–Trinajstić information content (AvgIpc) is 2.91. The minimum absolute atomic E-state index is 0.0566. The fourth-order valence-corrected chi connectivity index (χ4v) is 2.07. The number of anilines is 1. The first kappa shape index (κ1) is 11.5. The molecule has 1 amide bonds. The number of carbonyl (C=O) groups is 1. The van der Waals surface area contributed by atoms with Crippen molar-refractivity contribution < 1.29 is 9.21 Å². The van der Waals surface area contributed by atoms with Gasteiger partial charge < -0.3 is 4.42 Å². The number of nitrogens with one attached hydrogen (secondary N) is 1. The van der Waals surface area contributed by atoms with E-state index < -0.39 is 11.5 Å². The van der Waals surface area contributed by atoms with Gasteiger partial charge in [-0.15, -0.1) is 10.2 Å². The largest absolute Gasteiger partial charge is 0.417 e. The number of nitrogens with zero attached hydrogens (tertiary/aromatic N) is 2. The van der Waals surface area contributed by atoms with Gasteiger partial charge in [0.05, 0.1) is 5.39 Å². The number of fused-ring (bicyclic) bond motifs is 1. The van der Waals surface area contributed by atoms with Gasteiger partial charge in [0.2, 0.25) is 5.13 Å². The monoisotopic (exact) mass is 273 g/mol. The number of carbonyl (C=O) groups excluding carboxylic acids is 1. The van der Waals surface area contributed by atoms with Crippen molar-refractivity contribution >= 4 is 33.1 Å². The molecular weight excluding hydrogens is 266 g/mol. The molecule has 0 aliphatic heterocycles. The van der Waals surface area contributed by atoms with Crippen LogP contribution in [0.4, 0.5) is 5.13 Å². The lowest BCUT2D eigenvalue weighted by Crippen LogP contribution is -2.14. The molecule has 7 heteroatoms. The summed E-state index contributed by atoms with van der Waals surface area (Å²) in [4.78, 5) is 23.6. The van der Waals surface area contributed by atoms with Crippen LogP contribution in [-0.4, -0.2) is 16.1 Å². The minimum atomic E-state index is -0.541. The lowest BCUT2D eigenvalue weighted by molar-refractivity contribution is 0.0993. The van der Waals surface area contributed by atoms with Crippen molar-refractivity contribution in [1.82, 2.24) is 10.2 Å². The molecule has 0 unspecified atom stereocenters. The van der Waals surface area contributed by atoms with Crippen LogP contribution in [0, 0.1) is 0 Å². The van der Waals surface area contributed by atoms with E-state index in [9.17, 15) is 9.59 Å². The Morgan fingerprint density at radius 1 is 1.32 bits per heavy atom. The van der Waals surface area contributed by atoms with E-state index in [1.807, 2.05) is 0 Å². The SMILES string of the molecule is O=C(Nc1nncs1)c1cc2ccccc2c(=O)o1. The Bertz CT molecular complexity index is 795. The van der Waals surface area contributed by atoms with Crippen LogP contribution in [0.3, 0.4) is 0 Å². The summed E-state index contributed by atoms with van der Waals surface area (Å²) < 4.78 is 4.99. The highest BCUT2D eigenvalue weighted by atomic mass is 32.1. The highest BCUT2D eigenvalue weighted by Gasteiger charge is 2.13. The summed E-state index contributed by atoms with van der Waals surface area (Å²) in [7, 11) is 0. The summed E-state index contributed by atoms with van der Waals surface area (Å²) in [5, 5.41) is 11.2. The molecule has 1 N–H and O–H groups in total. The molecule has 1 aromatic carbocycles. The molecule has 0 aliphatic carbocycles. The second-order valence-corrected chi connectivity index (χ2v) is 4.52. The molecule has 2 aromatic heterocycles. The lowest BCUT2D eigenvalue weighted by Gasteiger charge is -2.01. The Morgan fingerprint density at radius 3 is 2.95 bits per heavy atom. The number of aromatic nitrogens is 2. The van der Waals surface area contributed by atoms with E-state index in [2.05, 4.69) is 15.5 Å². The molecule has 0 fully saturated rings. The zero-order chi connectivity index (χ0) is 13.2. The molecule has 0 saturated carbocycles. The van der Waals surface area contributed by atoms with E-state index in [0.717, 1.165) is 0 Å². The van der Waals surface area contributed by atoms with Gasteiger partial charge in [0.25, 0.3) is 5.91 Å². The lowest BCUT2D eigenvalue weighted by atomic mass is 10.1. The first-order valence-electron chi connectivity index (χ1n) is 5.34. The van der Waals surface area contributed by atoms with Gasteiger partial charge in [0.15, 0.2) is 5.76 Å². The maximum absolute atomic E-state index is 11.9. The fraction of sp³-hybridized carbons (Fsp3) is 0. The summed E-state index contributed by atoms with van der Waals surface area (Å²) >= 11 is 1.18. The highest BCUT2D eigenvalue weighted by Crippen LogP contribution is 2.14. The zero-order valence-electron chi connectivity index (χ0n) is 9.49. The van der Waals surface area contributed by atoms with Crippen LogP contribution >= 0.6 is 11.3 Å². The van der Waals surface area contributed by atoms with Gasteiger partial charge in [-0.05, 0) is 17.5 Å². The van der Waals surface area contributed by atoms with E-state index in [-0.39, 0.29) is 5.76 Å². The quantitative estimate of drug-likeness (QED) is 0.770. The molecule has 0 radical (unpaired) electrons. The topological polar surface area (TPSA) is 85.1 Å². The Balaban J connectivity index is 2.01. The van der Waals surface area contributed by atoms with Crippen molar-refractivity contribution in [2.24, 2.45) is 0 Å². The maximum Gasteiger partial charge on any atom is 0.344 e. The third-order valence-corrected chi connectivity index (χ3v) is 3.08. The predicted molar refractivity (Wildman–Crippen MR) is 70.3 cm³/mol. The Labute approximate surface area is 110 Å². The van der Waals surface area contributed by atoms with Crippen molar-refractivity contribution in [3.63, 3.8) is 0 Å². The van der Waals surface area contributed by atoms with Gasteiger partial charge in [-0.3, -0.25) is 10.1 Å². The molecule has 0 saturated heterocycles. The minimum Gasteiger partial charge on any atom is -0.417 e. The van der Waals surface area contributed by atoms with Crippen LogP contribution in [0.1, 0.15) is 10.6 Å². The normalized spacial score (nSPS) is 10.5. The smallest absolute Gasteiger partial charge is 0.344 e. The van der Waals surface area contributed by atoms with Crippen LogP contribution in [0.5, 0.6) is 0 Å². The second kappa shape index (κ2) is 4.62. The van der Waals surface area contributed by atoms with Crippen LogP contribution in [0.2, 0.25) is 0 Å². The Kier molecular flexibility index (Phi) is 2.81. The summed E-state index contributed by atoms with van der Waals surface area (Å²) in [5.41, 5.74) is 0.951. The summed E-state index contributed by atoms with van der Waals surface area (Å²) in [5.74, 6) is -0.585. The summed E-state index contributed by atoms with van der Waals surface area (Å²) in [6, 6.07) is 8.43. The van der Waals surface area contributed by atoms with Crippen molar-refractivity contribution in [3.05, 3.63) is 52.0 Å². The van der Waals surface area contributed by atoms with Gasteiger partial charge in [-0.25, -0.2) is 4.79 Å². The number of amides is 1. The first-order chi connectivity index (χ1) is 9.24.